The van der Waals surface area contributed by atoms with E-state index in [0.29, 0.717) is 0 Å². The molecule has 5 heteroatoms. The van der Waals surface area contributed by atoms with Crippen molar-refractivity contribution in [2.24, 2.45) is 7.05 Å². The Labute approximate surface area is 108 Å². The lowest BCUT2D eigenvalue weighted by Gasteiger charge is -2.04. The number of nitrogens with one attached hydrogen (secondary N) is 1. The summed E-state index contributed by atoms with van der Waals surface area (Å²) < 4.78 is 3.10. The molecule has 0 unspecified atom stereocenters. The van der Waals surface area contributed by atoms with Crippen molar-refractivity contribution in [2.75, 3.05) is 11.9 Å². The molecular weight excluding hydrogens is 322 g/mol. The summed E-state index contributed by atoms with van der Waals surface area (Å²) in [7, 11) is 1.99. The molecule has 0 saturated carbocycles. The summed E-state index contributed by atoms with van der Waals surface area (Å²) in [5.41, 5.74) is 2.36. The fourth-order valence-corrected chi connectivity index (χ4v) is 2.45. The summed E-state index contributed by atoms with van der Waals surface area (Å²) in [4.78, 5) is 0. The van der Waals surface area contributed by atoms with Crippen molar-refractivity contribution in [3.05, 3.63) is 15.9 Å². The number of rotatable bonds is 6. The van der Waals surface area contributed by atoms with Gasteiger partial charge in [0, 0.05) is 18.9 Å². The van der Waals surface area contributed by atoms with Crippen molar-refractivity contribution in [1.29, 1.82) is 0 Å². The molecule has 0 aliphatic carbocycles. The molecule has 3 nitrogen and oxygen atoms in total. The molecule has 1 heterocycles. The maximum Gasteiger partial charge on any atom is 0.0767 e. The van der Waals surface area contributed by atoms with Crippen LogP contribution in [0.4, 0.5) is 0 Å². The minimum atomic E-state index is 0.872. The van der Waals surface area contributed by atoms with Crippen LogP contribution in [-0.4, -0.2) is 21.7 Å². The predicted molar refractivity (Wildman–Crippen MR) is 70.4 cm³/mol. The fourth-order valence-electron chi connectivity index (χ4n) is 1.41. The van der Waals surface area contributed by atoms with Gasteiger partial charge < -0.3 is 5.32 Å². The van der Waals surface area contributed by atoms with Gasteiger partial charge in [-0.25, -0.2) is 0 Å². The smallest absolute Gasteiger partial charge is 0.0767 e. The Morgan fingerprint density at radius 2 is 2.20 bits per heavy atom. The van der Waals surface area contributed by atoms with E-state index in [4.69, 9.17) is 0 Å². The number of halogens is 2. The molecule has 0 aromatic carbocycles. The maximum absolute atomic E-state index is 4.45. The summed E-state index contributed by atoms with van der Waals surface area (Å²) in [5.74, 6) is 0. The zero-order valence-corrected chi connectivity index (χ0v) is 12.4. The van der Waals surface area contributed by atoms with E-state index in [1.807, 2.05) is 11.7 Å². The van der Waals surface area contributed by atoms with Crippen molar-refractivity contribution in [2.45, 2.75) is 26.3 Å². The Bertz CT molecular complexity index is 310. The first-order chi connectivity index (χ1) is 7.20. The van der Waals surface area contributed by atoms with E-state index in [1.54, 1.807) is 0 Å². The molecule has 86 valence electrons. The topological polar surface area (TPSA) is 29.9 Å². The van der Waals surface area contributed by atoms with Gasteiger partial charge in [0.1, 0.15) is 0 Å². The van der Waals surface area contributed by atoms with Gasteiger partial charge in [-0.1, -0.05) is 22.9 Å². The molecule has 0 spiro atoms. The highest BCUT2D eigenvalue weighted by Gasteiger charge is 2.11. The van der Waals surface area contributed by atoms with Gasteiger partial charge in [-0.15, -0.1) is 0 Å². The highest BCUT2D eigenvalue weighted by molar-refractivity contribution is 9.10. The van der Waals surface area contributed by atoms with E-state index >= 15 is 0 Å². The van der Waals surface area contributed by atoms with Crippen LogP contribution in [0.25, 0.3) is 0 Å². The molecule has 0 aliphatic heterocycles. The Balaban J connectivity index is 2.56. The van der Waals surface area contributed by atoms with Crippen LogP contribution in [0.3, 0.4) is 0 Å². The third-order valence-corrected chi connectivity index (χ3v) is 3.76. The SMILES string of the molecule is CCc1nn(C)c(CNCCCBr)c1Br. The van der Waals surface area contributed by atoms with Gasteiger partial charge in [0.25, 0.3) is 0 Å². The van der Waals surface area contributed by atoms with Gasteiger partial charge in [-0.05, 0) is 35.3 Å². The van der Waals surface area contributed by atoms with Crippen molar-refractivity contribution in [1.82, 2.24) is 15.1 Å². The molecule has 0 aliphatic rings. The van der Waals surface area contributed by atoms with Gasteiger partial charge >= 0.3 is 0 Å². The van der Waals surface area contributed by atoms with Crippen molar-refractivity contribution in [3.8, 4) is 0 Å². The van der Waals surface area contributed by atoms with Crippen molar-refractivity contribution >= 4 is 31.9 Å². The lowest BCUT2D eigenvalue weighted by Crippen LogP contribution is -2.17. The third kappa shape index (κ3) is 3.57. The predicted octanol–water partition coefficient (Wildman–Crippen LogP) is 2.62. The van der Waals surface area contributed by atoms with E-state index in [9.17, 15) is 0 Å². The van der Waals surface area contributed by atoms with Crippen LogP contribution < -0.4 is 5.32 Å². The molecule has 0 atom stereocenters. The minimum absolute atomic E-state index is 0.872. The molecule has 0 bridgehead atoms. The molecule has 1 aromatic rings. The van der Waals surface area contributed by atoms with Gasteiger partial charge in [0.05, 0.1) is 15.9 Å². The number of aryl methyl sites for hydroxylation is 2. The van der Waals surface area contributed by atoms with Crippen LogP contribution in [0.1, 0.15) is 24.7 Å². The molecular formula is C10H17Br2N3. The Morgan fingerprint density at radius 1 is 1.47 bits per heavy atom. The van der Waals surface area contributed by atoms with E-state index in [-0.39, 0.29) is 0 Å². The zero-order chi connectivity index (χ0) is 11.3. The maximum atomic E-state index is 4.45. The first-order valence-electron chi connectivity index (χ1n) is 5.17. The minimum Gasteiger partial charge on any atom is -0.311 e. The lowest BCUT2D eigenvalue weighted by atomic mass is 10.3. The second-order valence-corrected chi connectivity index (χ2v) is 4.99. The third-order valence-electron chi connectivity index (χ3n) is 2.28. The molecule has 1 aromatic heterocycles. The fraction of sp³-hybridized carbons (Fsp3) is 0.700. The molecule has 0 amide bonds. The first kappa shape index (κ1) is 13.2. The van der Waals surface area contributed by atoms with Gasteiger partial charge in [0.2, 0.25) is 0 Å². The molecule has 0 fully saturated rings. The number of hydrogen-bond donors (Lipinski definition) is 1. The Morgan fingerprint density at radius 3 is 2.73 bits per heavy atom. The monoisotopic (exact) mass is 337 g/mol. The number of hydrogen-bond acceptors (Lipinski definition) is 2. The van der Waals surface area contributed by atoms with Crippen molar-refractivity contribution < 1.29 is 0 Å². The average Bonchev–Trinajstić information content (AvgIpc) is 2.50. The van der Waals surface area contributed by atoms with Crippen LogP contribution in [-0.2, 0) is 20.0 Å². The summed E-state index contributed by atoms with van der Waals surface area (Å²) in [6, 6.07) is 0. The summed E-state index contributed by atoms with van der Waals surface area (Å²) in [6.07, 6.45) is 2.12. The Hall–Kier alpha value is 0.130. The molecule has 15 heavy (non-hydrogen) atoms. The van der Waals surface area contributed by atoms with Crippen LogP contribution in [0.5, 0.6) is 0 Å². The van der Waals surface area contributed by atoms with E-state index in [0.717, 1.165) is 41.4 Å². The summed E-state index contributed by atoms with van der Waals surface area (Å²) in [5, 5.41) is 8.90. The molecule has 1 rings (SSSR count). The second kappa shape index (κ2) is 6.66. The number of alkyl halides is 1. The van der Waals surface area contributed by atoms with Gasteiger partial charge in [-0.2, -0.15) is 5.10 Å². The summed E-state index contributed by atoms with van der Waals surface area (Å²) >= 11 is 7.01. The molecule has 0 radical (unpaired) electrons. The molecule has 1 N–H and O–H groups in total. The van der Waals surface area contributed by atoms with Crippen LogP contribution in [0, 0.1) is 0 Å². The zero-order valence-electron chi connectivity index (χ0n) is 9.19. The van der Waals surface area contributed by atoms with Gasteiger partial charge in [0.15, 0.2) is 0 Å². The normalized spacial score (nSPS) is 10.9. The van der Waals surface area contributed by atoms with E-state index < -0.39 is 0 Å². The van der Waals surface area contributed by atoms with Crippen molar-refractivity contribution in [3.63, 3.8) is 0 Å². The number of nitrogens with zero attached hydrogens (tertiary/aromatic N) is 2. The van der Waals surface area contributed by atoms with Crippen LogP contribution >= 0.6 is 31.9 Å². The highest BCUT2D eigenvalue weighted by Crippen LogP contribution is 2.21. The molecule has 0 saturated heterocycles. The summed E-state index contributed by atoms with van der Waals surface area (Å²) in [6.45, 7) is 4.02. The largest absolute Gasteiger partial charge is 0.311 e. The Kier molecular flexibility index (Phi) is 5.86. The standard InChI is InChI=1S/C10H17Br2N3/c1-3-8-10(12)9(15(2)14-8)7-13-6-4-5-11/h13H,3-7H2,1-2H3. The quantitative estimate of drug-likeness (QED) is 0.638. The number of aromatic nitrogens is 2. The lowest BCUT2D eigenvalue weighted by molar-refractivity contribution is 0.619. The van der Waals surface area contributed by atoms with Gasteiger partial charge in [-0.3, -0.25) is 4.68 Å². The van der Waals surface area contributed by atoms with E-state index in [2.05, 4.69) is 49.2 Å². The van der Waals surface area contributed by atoms with E-state index in [1.165, 1.54) is 5.69 Å². The average molecular weight is 339 g/mol. The van der Waals surface area contributed by atoms with Crippen LogP contribution in [0.2, 0.25) is 0 Å². The highest BCUT2D eigenvalue weighted by atomic mass is 79.9. The second-order valence-electron chi connectivity index (χ2n) is 3.40. The first-order valence-corrected chi connectivity index (χ1v) is 7.09. The van der Waals surface area contributed by atoms with Crippen LogP contribution in [0.15, 0.2) is 4.47 Å².